The summed E-state index contributed by atoms with van der Waals surface area (Å²) in [6, 6.07) is 1.45. The fourth-order valence-electron chi connectivity index (χ4n) is 2.17. The zero-order chi connectivity index (χ0) is 9.14. The third-order valence-corrected chi connectivity index (χ3v) is 3.34. The van der Waals surface area contributed by atoms with Crippen LogP contribution in [0.15, 0.2) is 0 Å². The van der Waals surface area contributed by atoms with Gasteiger partial charge in [0, 0.05) is 25.2 Å². The summed E-state index contributed by atoms with van der Waals surface area (Å²) < 4.78 is 0. The second-order valence-corrected chi connectivity index (χ2v) is 3.74. The van der Waals surface area contributed by atoms with E-state index in [2.05, 4.69) is 37.5 Å². The lowest BCUT2D eigenvalue weighted by Crippen LogP contribution is -2.56. The van der Waals surface area contributed by atoms with Crippen molar-refractivity contribution in [1.29, 1.82) is 0 Å². The standard InChI is InChI=1S/C10H22N2/c1-5-11-7-8-12(6-2)10(4)9(11)3/h9-10H,5-8H2,1-4H3. The van der Waals surface area contributed by atoms with Crippen LogP contribution >= 0.6 is 0 Å². The summed E-state index contributed by atoms with van der Waals surface area (Å²) in [5.41, 5.74) is 0. The van der Waals surface area contributed by atoms with Crippen molar-refractivity contribution in [2.75, 3.05) is 26.2 Å². The molecule has 1 heterocycles. The highest BCUT2D eigenvalue weighted by Crippen LogP contribution is 2.15. The summed E-state index contributed by atoms with van der Waals surface area (Å²) in [4.78, 5) is 5.13. The molecule has 1 rings (SSSR count). The van der Waals surface area contributed by atoms with Crippen molar-refractivity contribution in [3.63, 3.8) is 0 Å². The molecule has 0 aromatic carbocycles. The van der Waals surface area contributed by atoms with Gasteiger partial charge in [-0.1, -0.05) is 13.8 Å². The van der Waals surface area contributed by atoms with Crippen LogP contribution in [0.3, 0.4) is 0 Å². The molecule has 0 spiro atoms. The highest BCUT2D eigenvalue weighted by Gasteiger charge is 2.27. The SMILES string of the molecule is CCN1CCN(CC)C(C)C1C. The second kappa shape index (κ2) is 4.24. The molecule has 2 unspecified atom stereocenters. The zero-order valence-corrected chi connectivity index (χ0v) is 8.88. The molecule has 1 saturated heterocycles. The number of nitrogens with zero attached hydrogens (tertiary/aromatic N) is 2. The van der Waals surface area contributed by atoms with Crippen LogP contribution in [0.25, 0.3) is 0 Å². The quantitative estimate of drug-likeness (QED) is 0.618. The molecule has 2 nitrogen and oxygen atoms in total. The Morgan fingerprint density at radius 2 is 1.25 bits per heavy atom. The van der Waals surface area contributed by atoms with Gasteiger partial charge in [0.1, 0.15) is 0 Å². The first-order valence-corrected chi connectivity index (χ1v) is 5.18. The predicted octanol–water partition coefficient (Wildman–Crippen LogP) is 1.42. The largest absolute Gasteiger partial charge is 0.298 e. The highest BCUT2D eigenvalue weighted by atomic mass is 15.3. The molecule has 1 fully saturated rings. The van der Waals surface area contributed by atoms with Crippen LogP contribution in [-0.4, -0.2) is 48.1 Å². The Kier molecular flexibility index (Phi) is 3.53. The van der Waals surface area contributed by atoms with Gasteiger partial charge >= 0.3 is 0 Å². The lowest BCUT2D eigenvalue weighted by Gasteiger charge is -2.44. The summed E-state index contributed by atoms with van der Waals surface area (Å²) in [5, 5.41) is 0. The summed E-state index contributed by atoms with van der Waals surface area (Å²) in [5.74, 6) is 0. The maximum Gasteiger partial charge on any atom is 0.0221 e. The van der Waals surface area contributed by atoms with Crippen LogP contribution in [0, 0.1) is 0 Å². The monoisotopic (exact) mass is 170 g/mol. The third kappa shape index (κ3) is 1.80. The molecule has 0 amide bonds. The lowest BCUT2D eigenvalue weighted by atomic mass is 10.1. The van der Waals surface area contributed by atoms with Gasteiger partial charge in [0.25, 0.3) is 0 Å². The van der Waals surface area contributed by atoms with E-state index in [1.54, 1.807) is 0 Å². The van der Waals surface area contributed by atoms with Crippen LogP contribution in [0.1, 0.15) is 27.7 Å². The normalized spacial score (nSPS) is 34.0. The van der Waals surface area contributed by atoms with Gasteiger partial charge in [-0.15, -0.1) is 0 Å². The van der Waals surface area contributed by atoms with Crippen molar-refractivity contribution >= 4 is 0 Å². The highest BCUT2D eigenvalue weighted by molar-refractivity contribution is 4.84. The Morgan fingerprint density at radius 3 is 1.50 bits per heavy atom. The van der Waals surface area contributed by atoms with Crippen LogP contribution in [0.5, 0.6) is 0 Å². The molecule has 72 valence electrons. The fourth-order valence-corrected chi connectivity index (χ4v) is 2.17. The molecular weight excluding hydrogens is 148 g/mol. The van der Waals surface area contributed by atoms with E-state index < -0.39 is 0 Å². The smallest absolute Gasteiger partial charge is 0.0221 e. The molecule has 0 N–H and O–H groups in total. The maximum atomic E-state index is 2.57. The number of hydrogen-bond donors (Lipinski definition) is 0. The number of piperazine rings is 1. The Hall–Kier alpha value is -0.0800. The first kappa shape index (κ1) is 10.0. The molecule has 12 heavy (non-hydrogen) atoms. The van der Waals surface area contributed by atoms with Crippen LogP contribution in [-0.2, 0) is 0 Å². The number of hydrogen-bond acceptors (Lipinski definition) is 2. The van der Waals surface area contributed by atoms with Gasteiger partial charge in [0.05, 0.1) is 0 Å². The van der Waals surface area contributed by atoms with Gasteiger partial charge in [0.2, 0.25) is 0 Å². The van der Waals surface area contributed by atoms with E-state index in [9.17, 15) is 0 Å². The van der Waals surface area contributed by atoms with E-state index in [0.717, 1.165) is 12.1 Å². The Bertz CT molecular complexity index is 120. The summed E-state index contributed by atoms with van der Waals surface area (Å²) >= 11 is 0. The van der Waals surface area contributed by atoms with Crippen molar-refractivity contribution in [3.05, 3.63) is 0 Å². The minimum absolute atomic E-state index is 0.726. The fraction of sp³-hybridized carbons (Fsp3) is 1.00. The number of rotatable bonds is 2. The van der Waals surface area contributed by atoms with Gasteiger partial charge in [-0.25, -0.2) is 0 Å². The van der Waals surface area contributed by atoms with Crippen molar-refractivity contribution in [1.82, 2.24) is 9.80 Å². The lowest BCUT2D eigenvalue weighted by molar-refractivity contribution is 0.0429. The van der Waals surface area contributed by atoms with Crippen LogP contribution in [0.2, 0.25) is 0 Å². The van der Waals surface area contributed by atoms with Crippen molar-refractivity contribution in [3.8, 4) is 0 Å². The van der Waals surface area contributed by atoms with Crippen molar-refractivity contribution < 1.29 is 0 Å². The first-order chi connectivity index (χ1) is 5.70. The van der Waals surface area contributed by atoms with Crippen LogP contribution in [0.4, 0.5) is 0 Å². The third-order valence-electron chi connectivity index (χ3n) is 3.34. The van der Waals surface area contributed by atoms with Gasteiger partial charge < -0.3 is 0 Å². The summed E-state index contributed by atoms with van der Waals surface area (Å²) in [7, 11) is 0. The molecule has 1 aliphatic heterocycles. The van der Waals surface area contributed by atoms with E-state index >= 15 is 0 Å². The molecule has 0 aromatic rings. The topological polar surface area (TPSA) is 6.48 Å². The van der Waals surface area contributed by atoms with Crippen molar-refractivity contribution in [2.45, 2.75) is 39.8 Å². The van der Waals surface area contributed by atoms with Gasteiger partial charge in [-0.2, -0.15) is 0 Å². The molecule has 0 bridgehead atoms. The van der Waals surface area contributed by atoms with Crippen molar-refractivity contribution in [2.24, 2.45) is 0 Å². The van der Waals surface area contributed by atoms with E-state index in [-0.39, 0.29) is 0 Å². The molecule has 2 heteroatoms. The Labute approximate surface area is 76.5 Å². The van der Waals surface area contributed by atoms with E-state index in [0.29, 0.717) is 0 Å². The number of likely N-dealkylation sites (N-methyl/N-ethyl adjacent to an activating group) is 2. The molecule has 0 aromatic heterocycles. The maximum absolute atomic E-state index is 2.57. The van der Waals surface area contributed by atoms with E-state index in [4.69, 9.17) is 0 Å². The average Bonchev–Trinajstić information content (AvgIpc) is 2.10. The zero-order valence-electron chi connectivity index (χ0n) is 8.88. The van der Waals surface area contributed by atoms with Gasteiger partial charge in [-0.3, -0.25) is 9.80 Å². The first-order valence-electron chi connectivity index (χ1n) is 5.18. The minimum atomic E-state index is 0.726. The minimum Gasteiger partial charge on any atom is -0.298 e. The molecule has 0 aliphatic carbocycles. The Balaban J connectivity index is 2.52. The molecular formula is C10H22N2. The van der Waals surface area contributed by atoms with Gasteiger partial charge in [0.15, 0.2) is 0 Å². The molecule has 2 atom stereocenters. The molecule has 0 radical (unpaired) electrons. The van der Waals surface area contributed by atoms with E-state index in [1.165, 1.54) is 26.2 Å². The van der Waals surface area contributed by atoms with E-state index in [1.807, 2.05) is 0 Å². The molecule has 0 saturated carbocycles. The second-order valence-electron chi connectivity index (χ2n) is 3.74. The Morgan fingerprint density at radius 1 is 0.917 bits per heavy atom. The van der Waals surface area contributed by atoms with Crippen LogP contribution < -0.4 is 0 Å². The average molecular weight is 170 g/mol. The molecule has 1 aliphatic rings. The summed E-state index contributed by atoms with van der Waals surface area (Å²) in [6.45, 7) is 14.1. The van der Waals surface area contributed by atoms with Gasteiger partial charge in [-0.05, 0) is 26.9 Å². The predicted molar refractivity (Wildman–Crippen MR) is 53.4 cm³/mol. The summed E-state index contributed by atoms with van der Waals surface area (Å²) in [6.07, 6.45) is 0.